The molecule has 2 aromatic rings. The SMILES string of the molecule is CC(NC(=O)c1ccc2c(c1)CCN2)c1ncn[nH]1. The van der Waals surface area contributed by atoms with E-state index in [1.807, 2.05) is 25.1 Å². The lowest BCUT2D eigenvalue weighted by Crippen LogP contribution is -2.27. The van der Waals surface area contributed by atoms with Crippen molar-refractivity contribution in [3.05, 3.63) is 41.5 Å². The highest BCUT2D eigenvalue weighted by Gasteiger charge is 2.16. The molecule has 1 amide bonds. The Morgan fingerprint density at radius 2 is 2.37 bits per heavy atom. The third kappa shape index (κ3) is 2.29. The summed E-state index contributed by atoms with van der Waals surface area (Å²) in [6, 6.07) is 5.54. The van der Waals surface area contributed by atoms with E-state index >= 15 is 0 Å². The predicted molar refractivity (Wildman–Crippen MR) is 70.9 cm³/mol. The van der Waals surface area contributed by atoms with Gasteiger partial charge in [-0.05, 0) is 37.1 Å². The molecule has 1 unspecified atom stereocenters. The lowest BCUT2D eigenvalue weighted by Gasteiger charge is -2.11. The maximum absolute atomic E-state index is 12.2. The molecule has 0 aliphatic carbocycles. The van der Waals surface area contributed by atoms with Crippen molar-refractivity contribution in [2.45, 2.75) is 19.4 Å². The first-order valence-corrected chi connectivity index (χ1v) is 6.27. The molecule has 0 fully saturated rings. The predicted octanol–water partition coefficient (Wildman–Crippen LogP) is 1.26. The van der Waals surface area contributed by atoms with Crippen LogP contribution in [0.2, 0.25) is 0 Å². The van der Waals surface area contributed by atoms with Gasteiger partial charge in [0.05, 0.1) is 6.04 Å². The smallest absolute Gasteiger partial charge is 0.251 e. The van der Waals surface area contributed by atoms with E-state index in [4.69, 9.17) is 0 Å². The third-order valence-electron chi connectivity index (χ3n) is 3.27. The van der Waals surface area contributed by atoms with Crippen LogP contribution in [0.4, 0.5) is 5.69 Å². The van der Waals surface area contributed by atoms with E-state index in [2.05, 4.69) is 25.8 Å². The van der Waals surface area contributed by atoms with Crippen LogP contribution in [-0.4, -0.2) is 27.6 Å². The fourth-order valence-electron chi connectivity index (χ4n) is 2.22. The van der Waals surface area contributed by atoms with Gasteiger partial charge >= 0.3 is 0 Å². The van der Waals surface area contributed by atoms with Crippen molar-refractivity contribution in [1.82, 2.24) is 20.5 Å². The quantitative estimate of drug-likeness (QED) is 0.773. The van der Waals surface area contributed by atoms with Crippen LogP contribution in [0.5, 0.6) is 0 Å². The van der Waals surface area contributed by atoms with Gasteiger partial charge in [-0.15, -0.1) is 0 Å². The fourth-order valence-corrected chi connectivity index (χ4v) is 2.22. The van der Waals surface area contributed by atoms with Crippen molar-refractivity contribution in [2.75, 3.05) is 11.9 Å². The molecule has 19 heavy (non-hydrogen) atoms. The highest BCUT2D eigenvalue weighted by atomic mass is 16.1. The molecule has 6 nitrogen and oxygen atoms in total. The number of amides is 1. The molecule has 3 rings (SSSR count). The average molecular weight is 257 g/mol. The molecular formula is C13H15N5O. The third-order valence-corrected chi connectivity index (χ3v) is 3.27. The van der Waals surface area contributed by atoms with Crippen LogP contribution >= 0.6 is 0 Å². The number of hydrogen-bond acceptors (Lipinski definition) is 4. The number of H-pyrrole nitrogens is 1. The monoisotopic (exact) mass is 257 g/mol. The van der Waals surface area contributed by atoms with Crippen molar-refractivity contribution in [2.24, 2.45) is 0 Å². The van der Waals surface area contributed by atoms with Gasteiger partial charge < -0.3 is 10.6 Å². The number of carbonyl (C=O) groups excluding carboxylic acids is 1. The van der Waals surface area contributed by atoms with E-state index < -0.39 is 0 Å². The van der Waals surface area contributed by atoms with E-state index in [1.54, 1.807) is 0 Å². The highest BCUT2D eigenvalue weighted by molar-refractivity contribution is 5.95. The minimum atomic E-state index is -0.193. The molecule has 98 valence electrons. The Balaban J connectivity index is 1.74. The van der Waals surface area contributed by atoms with Crippen molar-refractivity contribution in [3.63, 3.8) is 0 Å². The van der Waals surface area contributed by atoms with Crippen LogP contribution in [0.15, 0.2) is 24.5 Å². The first-order chi connectivity index (χ1) is 9.24. The van der Waals surface area contributed by atoms with Crippen molar-refractivity contribution >= 4 is 11.6 Å². The number of rotatable bonds is 3. The number of fused-ring (bicyclic) bond motifs is 1. The van der Waals surface area contributed by atoms with E-state index in [1.165, 1.54) is 11.9 Å². The number of nitrogens with zero attached hydrogens (tertiary/aromatic N) is 2. The molecule has 0 bridgehead atoms. The molecule has 1 aliphatic rings. The molecule has 2 heterocycles. The molecule has 1 aromatic heterocycles. The van der Waals surface area contributed by atoms with Crippen molar-refractivity contribution in [1.29, 1.82) is 0 Å². The Kier molecular flexibility index (Phi) is 2.91. The molecule has 3 N–H and O–H groups in total. The van der Waals surface area contributed by atoms with E-state index in [0.717, 1.165) is 18.7 Å². The van der Waals surface area contributed by atoms with Crippen LogP contribution in [0.3, 0.4) is 0 Å². The Hall–Kier alpha value is -2.37. The lowest BCUT2D eigenvalue weighted by molar-refractivity contribution is 0.0938. The molecular weight excluding hydrogens is 242 g/mol. The Bertz CT molecular complexity index is 593. The zero-order chi connectivity index (χ0) is 13.2. The first-order valence-electron chi connectivity index (χ1n) is 6.27. The second kappa shape index (κ2) is 4.72. The van der Waals surface area contributed by atoms with E-state index in [0.29, 0.717) is 11.4 Å². The molecule has 0 spiro atoms. The highest BCUT2D eigenvalue weighted by Crippen LogP contribution is 2.23. The number of aromatic nitrogens is 3. The van der Waals surface area contributed by atoms with Gasteiger partial charge in [0.25, 0.3) is 5.91 Å². The Labute approximate surface area is 110 Å². The standard InChI is InChI=1S/C13H15N5O/c1-8(12-15-7-16-18-12)17-13(19)10-2-3-11-9(6-10)4-5-14-11/h2-3,6-8,14H,4-5H2,1H3,(H,17,19)(H,15,16,18). The van der Waals surface area contributed by atoms with Crippen LogP contribution in [0, 0.1) is 0 Å². The molecule has 0 saturated heterocycles. The molecule has 6 heteroatoms. The number of hydrogen-bond donors (Lipinski definition) is 3. The lowest BCUT2D eigenvalue weighted by atomic mass is 10.1. The largest absolute Gasteiger partial charge is 0.384 e. The van der Waals surface area contributed by atoms with E-state index in [-0.39, 0.29) is 11.9 Å². The van der Waals surface area contributed by atoms with Gasteiger partial charge in [-0.2, -0.15) is 5.10 Å². The molecule has 0 radical (unpaired) electrons. The Morgan fingerprint density at radius 3 is 3.16 bits per heavy atom. The zero-order valence-electron chi connectivity index (χ0n) is 10.6. The summed E-state index contributed by atoms with van der Waals surface area (Å²) < 4.78 is 0. The minimum Gasteiger partial charge on any atom is -0.384 e. The number of carbonyl (C=O) groups is 1. The number of anilines is 1. The van der Waals surface area contributed by atoms with Crippen LogP contribution in [0.25, 0.3) is 0 Å². The van der Waals surface area contributed by atoms with Gasteiger partial charge in [0.1, 0.15) is 12.2 Å². The topological polar surface area (TPSA) is 82.7 Å². The minimum absolute atomic E-state index is 0.0985. The molecule has 1 aliphatic heterocycles. The fraction of sp³-hybridized carbons (Fsp3) is 0.308. The van der Waals surface area contributed by atoms with Gasteiger partial charge in [0.2, 0.25) is 0 Å². The number of aromatic amines is 1. The molecule has 1 atom stereocenters. The summed E-state index contributed by atoms with van der Waals surface area (Å²) in [6.07, 6.45) is 2.40. The summed E-state index contributed by atoms with van der Waals surface area (Å²) in [7, 11) is 0. The van der Waals surface area contributed by atoms with Gasteiger partial charge in [0, 0.05) is 17.8 Å². The molecule has 1 aromatic carbocycles. The first kappa shape index (κ1) is 11.7. The van der Waals surface area contributed by atoms with Gasteiger partial charge in [-0.1, -0.05) is 0 Å². The normalized spacial score (nSPS) is 14.6. The molecule has 0 saturated carbocycles. The number of nitrogens with one attached hydrogen (secondary N) is 3. The summed E-state index contributed by atoms with van der Waals surface area (Å²) in [5, 5.41) is 12.7. The second-order valence-electron chi connectivity index (χ2n) is 4.61. The summed E-state index contributed by atoms with van der Waals surface area (Å²) in [5.41, 5.74) is 2.99. The summed E-state index contributed by atoms with van der Waals surface area (Å²) in [5.74, 6) is 0.551. The Morgan fingerprint density at radius 1 is 1.47 bits per heavy atom. The maximum atomic E-state index is 12.2. The van der Waals surface area contributed by atoms with Crippen LogP contribution in [-0.2, 0) is 6.42 Å². The van der Waals surface area contributed by atoms with E-state index in [9.17, 15) is 4.79 Å². The summed E-state index contributed by atoms with van der Waals surface area (Å²) in [4.78, 5) is 16.2. The van der Waals surface area contributed by atoms with Gasteiger partial charge in [0.15, 0.2) is 0 Å². The van der Waals surface area contributed by atoms with Crippen molar-refractivity contribution in [3.8, 4) is 0 Å². The van der Waals surface area contributed by atoms with Gasteiger partial charge in [-0.3, -0.25) is 9.89 Å². The summed E-state index contributed by atoms with van der Waals surface area (Å²) in [6.45, 7) is 2.81. The second-order valence-corrected chi connectivity index (χ2v) is 4.61. The van der Waals surface area contributed by atoms with Crippen molar-refractivity contribution < 1.29 is 4.79 Å². The van der Waals surface area contributed by atoms with Gasteiger partial charge in [-0.25, -0.2) is 4.98 Å². The number of benzene rings is 1. The van der Waals surface area contributed by atoms with Crippen LogP contribution < -0.4 is 10.6 Å². The summed E-state index contributed by atoms with van der Waals surface area (Å²) >= 11 is 0. The van der Waals surface area contributed by atoms with Crippen LogP contribution in [0.1, 0.15) is 34.7 Å². The zero-order valence-corrected chi connectivity index (χ0v) is 10.6. The maximum Gasteiger partial charge on any atom is 0.251 e. The average Bonchev–Trinajstić information content (AvgIpc) is 3.09.